The van der Waals surface area contributed by atoms with Crippen LogP contribution < -0.4 is 5.32 Å². The van der Waals surface area contributed by atoms with E-state index in [2.05, 4.69) is 5.32 Å². The summed E-state index contributed by atoms with van der Waals surface area (Å²) in [6, 6.07) is 11.4. The largest absolute Gasteiger partial charge is 0.321 e. The molecular formula is C17H13Cl2NOS. The zero-order chi connectivity index (χ0) is 15.9. The highest BCUT2D eigenvalue weighted by molar-refractivity contribution is 7.21. The molecule has 0 bridgehead atoms. The molecule has 1 amide bonds. The monoisotopic (exact) mass is 349 g/mol. The zero-order valence-corrected chi connectivity index (χ0v) is 14.4. The van der Waals surface area contributed by atoms with Crippen molar-refractivity contribution in [2.24, 2.45) is 0 Å². The van der Waals surface area contributed by atoms with Gasteiger partial charge in [0.1, 0.15) is 4.88 Å². The first-order chi connectivity index (χ1) is 10.5. The number of carbonyl (C=O) groups is 1. The molecule has 1 N–H and O–H groups in total. The van der Waals surface area contributed by atoms with Crippen LogP contribution in [-0.4, -0.2) is 5.91 Å². The SMILES string of the molecule is Cc1ccc(NC(=O)c2sc3cccc(Cl)c3c2Cl)c(C)c1. The summed E-state index contributed by atoms with van der Waals surface area (Å²) in [4.78, 5) is 13.0. The number of hydrogen-bond donors (Lipinski definition) is 1. The van der Waals surface area contributed by atoms with Crippen molar-refractivity contribution in [1.29, 1.82) is 0 Å². The molecule has 0 spiro atoms. The molecule has 112 valence electrons. The number of halogens is 2. The highest BCUT2D eigenvalue weighted by Gasteiger charge is 2.19. The molecule has 0 aliphatic rings. The summed E-state index contributed by atoms with van der Waals surface area (Å²) in [5.41, 5.74) is 2.96. The molecule has 0 aliphatic heterocycles. The minimum absolute atomic E-state index is 0.214. The number of amides is 1. The van der Waals surface area contributed by atoms with Crippen LogP contribution >= 0.6 is 34.5 Å². The van der Waals surface area contributed by atoms with E-state index in [1.165, 1.54) is 11.3 Å². The maximum atomic E-state index is 12.5. The molecule has 1 heterocycles. The van der Waals surface area contributed by atoms with E-state index in [-0.39, 0.29) is 5.91 Å². The van der Waals surface area contributed by atoms with E-state index in [9.17, 15) is 4.79 Å². The Morgan fingerprint density at radius 1 is 1.14 bits per heavy atom. The van der Waals surface area contributed by atoms with Crippen LogP contribution in [0.1, 0.15) is 20.8 Å². The Balaban J connectivity index is 1.99. The van der Waals surface area contributed by atoms with Gasteiger partial charge in [0.25, 0.3) is 5.91 Å². The standard InChI is InChI=1S/C17H13Cl2NOS/c1-9-6-7-12(10(2)8-9)20-17(21)16-15(19)14-11(18)4-3-5-13(14)22-16/h3-8H,1-2H3,(H,20,21). The molecule has 0 aliphatic carbocycles. The van der Waals surface area contributed by atoms with Gasteiger partial charge in [-0.05, 0) is 37.6 Å². The lowest BCUT2D eigenvalue weighted by atomic mass is 10.1. The van der Waals surface area contributed by atoms with Crippen LogP contribution in [0.4, 0.5) is 5.69 Å². The number of benzene rings is 2. The fourth-order valence-electron chi connectivity index (χ4n) is 2.35. The lowest BCUT2D eigenvalue weighted by molar-refractivity contribution is 0.103. The van der Waals surface area contributed by atoms with Gasteiger partial charge in [0.05, 0.1) is 10.0 Å². The summed E-state index contributed by atoms with van der Waals surface area (Å²) in [5, 5.41) is 4.63. The summed E-state index contributed by atoms with van der Waals surface area (Å²) in [6.07, 6.45) is 0. The van der Waals surface area contributed by atoms with Crippen LogP contribution in [0, 0.1) is 13.8 Å². The third kappa shape index (κ3) is 2.72. The molecule has 22 heavy (non-hydrogen) atoms. The Morgan fingerprint density at radius 2 is 1.91 bits per heavy atom. The molecule has 0 saturated carbocycles. The second-order valence-corrected chi connectivity index (χ2v) is 6.97. The van der Waals surface area contributed by atoms with E-state index >= 15 is 0 Å². The first kappa shape index (κ1) is 15.3. The molecule has 0 unspecified atom stereocenters. The number of aryl methyl sites for hydroxylation is 2. The van der Waals surface area contributed by atoms with Crippen molar-refractivity contribution < 1.29 is 4.79 Å². The van der Waals surface area contributed by atoms with Gasteiger partial charge in [-0.1, -0.05) is 47.0 Å². The number of thiophene rings is 1. The molecule has 0 fully saturated rings. The van der Waals surface area contributed by atoms with Crippen molar-refractivity contribution in [1.82, 2.24) is 0 Å². The van der Waals surface area contributed by atoms with Crippen LogP contribution in [0.15, 0.2) is 36.4 Å². The molecule has 5 heteroatoms. The fraction of sp³-hybridized carbons (Fsp3) is 0.118. The van der Waals surface area contributed by atoms with Crippen LogP contribution in [0.2, 0.25) is 10.0 Å². The Morgan fingerprint density at radius 3 is 2.59 bits per heavy atom. The summed E-state index contributed by atoms with van der Waals surface area (Å²) >= 11 is 13.9. The fourth-order valence-corrected chi connectivity index (χ4v) is 4.20. The Labute approximate surface area is 142 Å². The summed E-state index contributed by atoms with van der Waals surface area (Å²) in [6.45, 7) is 3.98. The molecule has 0 radical (unpaired) electrons. The van der Waals surface area contributed by atoms with Gasteiger partial charge >= 0.3 is 0 Å². The number of nitrogens with one attached hydrogen (secondary N) is 1. The predicted molar refractivity (Wildman–Crippen MR) is 95.7 cm³/mol. The Hall–Kier alpha value is -1.55. The summed E-state index contributed by atoms with van der Waals surface area (Å²) < 4.78 is 0.906. The van der Waals surface area contributed by atoms with E-state index in [0.717, 1.165) is 26.9 Å². The third-order valence-corrected chi connectivity index (χ3v) is 5.40. The van der Waals surface area contributed by atoms with E-state index < -0.39 is 0 Å². The van der Waals surface area contributed by atoms with Gasteiger partial charge in [-0.25, -0.2) is 0 Å². The lowest BCUT2D eigenvalue weighted by Crippen LogP contribution is -2.11. The van der Waals surface area contributed by atoms with Gasteiger partial charge in [0.15, 0.2) is 0 Å². The molecule has 2 aromatic carbocycles. The number of rotatable bonds is 2. The first-order valence-electron chi connectivity index (χ1n) is 6.72. The molecule has 3 rings (SSSR count). The number of anilines is 1. The normalized spacial score (nSPS) is 10.9. The van der Waals surface area contributed by atoms with E-state index in [4.69, 9.17) is 23.2 Å². The smallest absolute Gasteiger partial charge is 0.267 e. The second-order valence-electron chi connectivity index (χ2n) is 5.13. The highest BCUT2D eigenvalue weighted by Crippen LogP contribution is 2.39. The average Bonchev–Trinajstić information content (AvgIpc) is 2.80. The molecule has 2 nitrogen and oxygen atoms in total. The maximum absolute atomic E-state index is 12.5. The van der Waals surface area contributed by atoms with Crippen LogP contribution in [0.3, 0.4) is 0 Å². The predicted octanol–water partition coefficient (Wildman–Crippen LogP) is 6.08. The van der Waals surface area contributed by atoms with E-state index in [0.29, 0.717) is 14.9 Å². The molecule has 3 aromatic rings. The van der Waals surface area contributed by atoms with Crippen molar-refractivity contribution in [3.63, 3.8) is 0 Å². The van der Waals surface area contributed by atoms with Crippen molar-refractivity contribution >= 4 is 56.2 Å². The second kappa shape index (κ2) is 5.92. The topological polar surface area (TPSA) is 29.1 Å². The average molecular weight is 350 g/mol. The van der Waals surface area contributed by atoms with E-state index in [1.807, 2.05) is 44.2 Å². The summed E-state index contributed by atoms with van der Waals surface area (Å²) in [7, 11) is 0. The maximum Gasteiger partial charge on any atom is 0.267 e. The van der Waals surface area contributed by atoms with Gasteiger partial charge in [-0.2, -0.15) is 0 Å². The van der Waals surface area contributed by atoms with E-state index in [1.54, 1.807) is 6.07 Å². The minimum atomic E-state index is -0.214. The number of fused-ring (bicyclic) bond motifs is 1. The van der Waals surface area contributed by atoms with Crippen molar-refractivity contribution in [2.75, 3.05) is 5.32 Å². The van der Waals surface area contributed by atoms with Gasteiger partial charge in [0, 0.05) is 15.8 Å². The van der Waals surface area contributed by atoms with Gasteiger partial charge in [0.2, 0.25) is 0 Å². The number of hydrogen-bond acceptors (Lipinski definition) is 2. The third-order valence-electron chi connectivity index (χ3n) is 3.44. The molecule has 0 atom stereocenters. The highest BCUT2D eigenvalue weighted by atomic mass is 35.5. The van der Waals surface area contributed by atoms with Crippen molar-refractivity contribution in [3.05, 3.63) is 62.4 Å². The van der Waals surface area contributed by atoms with Crippen molar-refractivity contribution in [3.8, 4) is 0 Å². The summed E-state index contributed by atoms with van der Waals surface area (Å²) in [5.74, 6) is -0.214. The quantitative estimate of drug-likeness (QED) is 0.596. The first-order valence-corrected chi connectivity index (χ1v) is 8.29. The van der Waals surface area contributed by atoms with Gasteiger partial charge < -0.3 is 5.32 Å². The van der Waals surface area contributed by atoms with Gasteiger partial charge in [-0.3, -0.25) is 4.79 Å². The van der Waals surface area contributed by atoms with Crippen molar-refractivity contribution in [2.45, 2.75) is 13.8 Å². The molecule has 0 saturated heterocycles. The Bertz CT molecular complexity index is 886. The molecule has 1 aromatic heterocycles. The van der Waals surface area contributed by atoms with Crippen LogP contribution in [0.5, 0.6) is 0 Å². The lowest BCUT2D eigenvalue weighted by Gasteiger charge is -2.08. The minimum Gasteiger partial charge on any atom is -0.321 e. The molecular weight excluding hydrogens is 337 g/mol. The van der Waals surface area contributed by atoms with Crippen LogP contribution in [-0.2, 0) is 0 Å². The van der Waals surface area contributed by atoms with Crippen LogP contribution in [0.25, 0.3) is 10.1 Å². The van der Waals surface area contributed by atoms with Gasteiger partial charge in [-0.15, -0.1) is 11.3 Å². The number of carbonyl (C=O) groups excluding carboxylic acids is 1. The Kier molecular flexibility index (Phi) is 4.13. The zero-order valence-electron chi connectivity index (χ0n) is 12.0.